The molecule has 32 heavy (non-hydrogen) atoms. The molecular formula is C22H29FN6O3. The van der Waals surface area contributed by atoms with Crippen LogP contribution in [0.15, 0.2) is 15.7 Å². The zero-order valence-electron chi connectivity index (χ0n) is 18.7. The number of nitrogens with zero attached hydrogens (tertiary/aromatic N) is 5. The summed E-state index contributed by atoms with van der Waals surface area (Å²) in [6, 6.07) is 3.25. The van der Waals surface area contributed by atoms with Crippen LogP contribution in [0.3, 0.4) is 0 Å². The molecule has 1 aromatic heterocycles. The zero-order chi connectivity index (χ0) is 23.2. The number of halogens is 1. The molecule has 2 aliphatic rings. The standard InChI is InChI=1S/C22H29FN6O3/c1-22(12-26(2)9-4-8-24)7-10-27(13-22)18-16(23)11-15-17(19(18)32-3)28(14-5-6-14)21(31)29(25)20(15)30/h11,14H,4-7,9-10,12-13,25H2,1-3H3. The first kappa shape index (κ1) is 22.1. The zero-order valence-corrected chi connectivity index (χ0v) is 18.7. The lowest BCUT2D eigenvalue weighted by Gasteiger charge is -2.31. The quantitative estimate of drug-likeness (QED) is 0.643. The third kappa shape index (κ3) is 3.71. The van der Waals surface area contributed by atoms with Crippen LogP contribution in [0.4, 0.5) is 10.1 Å². The van der Waals surface area contributed by atoms with E-state index in [4.69, 9.17) is 15.8 Å². The largest absolute Gasteiger partial charge is 0.492 e. The van der Waals surface area contributed by atoms with E-state index in [1.165, 1.54) is 17.7 Å². The van der Waals surface area contributed by atoms with Crippen molar-refractivity contribution in [1.29, 1.82) is 5.26 Å². The number of ether oxygens (including phenoxy) is 1. The second kappa shape index (κ2) is 8.13. The smallest absolute Gasteiger partial charge is 0.350 e. The van der Waals surface area contributed by atoms with Crippen LogP contribution >= 0.6 is 0 Å². The van der Waals surface area contributed by atoms with E-state index in [1.807, 2.05) is 11.9 Å². The summed E-state index contributed by atoms with van der Waals surface area (Å²) >= 11 is 0. The molecule has 0 bridgehead atoms. The molecule has 2 N–H and O–H groups in total. The molecule has 0 spiro atoms. The molecule has 2 fully saturated rings. The van der Waals surface area contributed by atoms with E-state index in [-0.39, 0.29) is 28.3 Å². The van der Waals surface area contributed by atoms with E-state index >= 15 is 4.39 Å². The van der Waals surface area contributed by atoms with Crippen LogP contribution in [-0.2, 0) is 0 Å². The van der Waals surface area contributed by atoms with E-state index in [9.17, 15) is 9.59 Å². The Hall–Kier alpha value is -3.06. The Labute approximate surface area is 185 Å². The maximum absolute atomic E-state index is 15.4. The molecule has 2 heterocycles. The summed E-state index contributed by atoms with van der Waals surface area (Å²) in [5.74, 6) is 5.33. The van der Waals surface area contributed by atoms with Crippen LogP contribution in [0, 0.1) is 22.6 Å². The third-order valence-electron chi connectivity index (χ3n) is 6.53. The number of nitriles is 1. The second-order valence-corrected chi connectivity index (χ2v) is 9.32. The minimum atomic E-state index is -0.740. The topological polar surface area (TPSA) is 110 Å². The summed E-state index contributed by atoms with van der Waals surface area (Å²) in [4.78, 5) is 29.5. The van der Waals surface area contributed by atoms with Gasteiger partial charge in [0.15, 0.2) is 11.6 Å². The van der Waals surface area contributed by atoms with E-state index in [2.05, 4.69) is 17.9 Å². The fourth-order valence-corrected chi connectivity index (χ4v) is 4.91. The molecule has 1 saturated heterocycles. The number of hydrogen-bond acceptors (Lipinski definition) is 7. The number of methoxy groups -OCH3 is 1. The lowest BCUT2D eigenvalue weighted by Crippen LogP contribution is -2.44. The Balaban J connectivity index is 1.79. The highest BCUT2D eigenvalue weighted by molar-refractivity contribution is 5.91. The van der Waals surface area contributed by atoms with Gasteiger partial charge in [0.2, 0.25) is 0 Å². The molecule has 0 amide bonds. The van der Waals surface area contributed by atoms with E-state index in [1.54, 1.807) is 0 Å². The first-order valence-corrected chi connectivity index (χ1v) is 10.8. The number of hydrogen-bond donors (Lipinski definition) is 1. The lowest BCUT2D eigenvalue weighted by atomic mass is 9.89. The summed E-state index contributed by atoms with van der Waals surface area (Å²) in [6.07, 6.45) is 2.88. The highest BCUT2D eigenvalue weighted by atomic mass is 19.1. The summed E-state index contributed by atoms with van der Waals surface area (Å²) in [5, 5.41) is 8.87. The molecule has 10 heteroatoms. The van der Waals surface area contributed by atoms with Gasteiger partial charge in [-0.25, -0.2) is 9.18 Å². The van der Waals surface area contributed by atoms with Crippen molar-refractivity contribution >= 4 is 16.6 Å². The van der Waals surface area contributed by atoms with Crippen LogP contribution in [-0.4, -0.2) is 54.5 Å². The molecule has 9 nitrogen and oxygen atoms in total. The SMILES string of the molecule is COc1c(N2CCC(C)(CN(C)CCC#N)C2)c(F)cc2c(=O)n(N)c(=O)n(C3CC3)c12. The Bertz CT molecular complexity index is 1210. The molecule has 1 unspecified atom stereocenters. The Morgan fingerprint density at radius 3 is 2.75 bits per heavy atom. The van der Waals surface area contributed by atoms with Crippen molar-refractivity contribution in [1.82, 2.24) is 14.1 Å². The molecule has 1 aliphatic heterocycles. The van der Waals surface area contributed by atoms with Gasteiger partial charge < -0.3 is 20.4 Å². The van der Waals surface area contributed by atoms with Crippen molar-refractivity contribution in [2.75, 3.05) is 51.1 Å². The number of rotatable bonds is 7. The number of aromatic nitrogens is 2. The summed E-state index contributed by atoms with van der Waals surface area (Å²) in [5.41, 5.74) is -0.885. The molecule has 1 aromatic carbocycles. The second-order valence-electron chi connectivity index (χ2n) is 9.32. The molecule has 1 atom stereocenters. The van der Waals surface area contributed by atoms with Crippen molar-refractivity contribution in [3.63, 3.8) is 0 Å². The summed E-state index contributed by atoms with van der Waals surface area (Å²) in [6.45, 7) is 4.80. The Morgan fingerprint density at radius 2 is 2.12 bits per heavy atom. The van der Waals surface area contributed by atoms with Gasteiger partial charge in [-0.3, -0.25) is 9.36 Å². The lowest BCUT2D eigenvalue weighted by molar-refractivity contribution is 0.214. The van der Waals surface area contributed by atoms with E-state index in [0.717, 1.165) is 25.8 Å². The van der Waals surface area contributed by atoms with Crippen molar-refractivity contribution in [2.24, 2.45) is 5.41 Å². The first-order valence-electron chi connectivity index (χ1n) is 10.8. The van der Waals surface area contributed by atoms with Crippen LogP contribution in [0.25, 0.3) is 10.9 Å². The van der Waals surface area contributed by atoms with Crippen LogP contribution in [0.5, 0.6) is 5.75 Å². The number of anilines is 1. The highest BCUT2D eigenvalue weighted by Gasteiger charge is 2.38. The van der Waals surface area contributed by atoms with Gasteiger partial charge >= 0.3 is 5.69 Å². The predicted octanol–water partition coefficient (Wildman–Crippen LogP) is 1.42. The Morgan fingerprint density at radius 1 is 1.41 bits per heavy atom. The van der Waals surface area contributed by atoms with Gasteiger partial charge in [0.05, 0.1) is 18.6 Å². The predicted molar refractivity (Wildman–Crippen MR) is 120 cm³/mol. The fourth-order valence-electron chi connectivity index (χ4n) is 4.91. The van der Waals surface area contributed by atoms with Crippen LogP contribution in [0.2, 0.25) is 0 Å². The molecular weight excluding hydrogens is 415 g/mol. The molecule has 0 radical (unpaired) electrons. The van der Waals surface area contributed by atoms with Crippen LogP contribution < -0.4 is 26.7 Å². The van der Waals surface area contributed by atoms with Crippen molar-refractivity contribution < 1.29 is 9.13 Å². The van der Waals surface area contributed by atoms with Gasteiger partial charge in [0.25, 0.3) is 5.56 Å². The molecule has 4 rings (SSSR count). The number of nitrogens with two attached hydrogens (primary N) is 1. The average Bonchev–Trinajstić information content (AvgIpc) is 3.52. The fraction of sp³-hybridized carbons (Fsp3) is 0.591. The summed E-state index contributed by atoms with van der Waals surface area (Å²) < 4.78 is 23.1. The minimum absolute atomic E-state index is 0.0373. The van der Waals surface area contributed by atoms with Crippen LogP contribution in [0.1, 0.15) is 38.6 Å². The maximum atomic E-state index is 15.4. The summed E-state index contributed by atoms with van der Waals surface area (Å²) in [7, 11) is 3.41. The van der Waals surface area contributed by atoms with Gasteiger partial charge in [0.1, 0.15) is 11.2 Å². The average molecular weight is 445 g/mol. The first-order chi connectivity index (χ1) is 15.2. The molecule has 1 saturated carbocycles. The van der Waals surface area contributed by atoms with E-state index < -0.39 is 17.1 Å². The number of fused-ring (bicyclic) bond motifs is 1. The molecule has 2 aromatic rings. The minimum Gasteiger partial charge on any atom is -0.492 e. The Kier molecular flexibility index (Phi) is 5.63. The maximum Gasteiger partial charge on any atom is 0.350 e. The third-order valence-corrected chi connectivity index (χ3v) is 6.53. The van der Waals surface area contributed by atoms with Gasteiger partial charge in [-0.05, 0) is 37.8 Å². The van der Waals surface area contributed by atoms with Crippen molar-refractivity contribution in [3.8, 4) is 11.8 Å². The molecule has 1 aliphatic carbocycles. The normalized spacial score (nSPS) is 20.8. The number of nitrogen functional groups attached to an aromatic ring is 1. The van der Waals surface area contributed by atoms with Crippen molar-refractivity contribution in [2.45, 2.75) is 38.6 Å². The van der Waals surface area contributed by atoms with Gasteiger partial charge in [0, 0.05) is 38.6 Å². The van der Waals surface area contributed by atoms with E-state index in [0.29, 0.717) is 36.2 Å². The highest BCUT2D eigenvalue weighted by Crippen LogP contribution is 2.45. The van der Waals surface area contributed by atoms with Gasteiger partial charge in [-0.2, -0.15) is 9.94 Å². The van der Waals surface area contributed by atoms with Gasteiger partial charge in [-0.1, -0.05) is 6.92 Å². The van der Waals surface area contributed by atoms with Crippen molar-refractivity contribution in [3.05, 3.63) is 32.7 Å². The molecule has 172 valence electrons. The van der Waals surface area contributed by atoms with Gasteiger partial charge in [-0.15, -0.1) is 0 Å². The monoisotopic (exact) mass is 444 g/mol. The number of benzene rings is 1.